The predicted octanol–water partition coefficient (Wildman–Crippen LogP) is 3.46. The molecule has 1 aromatic rings. The molecule has 0 amide bonds. The van der Waals surface area contributed by atoms with Crippen LogP contribution in [0.25, 0.3) is 0 Å². The summed E-state index contributed by atoms with van der Waals surface area (Å²) < 4.78 is 0. The Balaban J connectivity index is 1.93. The normalized spacial score (nSPS) is 24.1. The van der Waals surface area contributed by atoms with Crippen LogP contribution in [0.1, 0.15) is 45.2 Å². The zero-order chi connectivity index (χ0) is 13.7. The third-order valence-electron chi connectivity index (χ3n) is 4.47. The number of rotatable bonds is 5. The Morgan fingerprint density at radius 1 is 1.26 bits per heavy atom. The van der Waals surface area contributed by atoms with Gasteiger partial charge in [0.15, 0.2) is 0 Å². The Hall–Kier alpha value is -0.860. The average molecular weight is 260 g/mol. The van der Waals surface area contributed by atoms with Crippen LogP contribution >= 0.6 is 0 Å². The van der Waals surface area contributed by atoms with Gasteiger partial charge in [0.1, 0.15) is 0 Å². The van der Waals surface area contributed by atoms with Gasteiger partial charge < -0.3 is 5.32 Å². The zero-order valence-electron chi connectivity index (χ0n) is 12.6. The van der Waals surface area contributed by atoms with Gasteiger partial charge in [0.2, 0.25) is 0 Å². The lowest BCUT2D eigenvalue weighted by molar-refractivity contribution is 0.135. The van der Waals surface area contributed by atoms with Crippen LogP contribution in [0, 0.1) is 5.92 Å². The van der Waals surface area contributed by atoms with Gasteiger partial charge in [-0.1, -0.05) is 50.6 Å². The molecule has 3 unspecified atom stereocenters. The van der Waals surface area contributed by atoms with Crippen molar-refractivity contribution in [2.75, 3.05) is 19.6 Å². The summed E-state index contributed by atoms with van der Waals surface area (Å²) in [5.74, 6) is 0.833. The predicted molar refractivity (Wildman–Crippen MR) is 82.3 cm³/mol. The van der Waals surface area contributed by atoms with E-state index in [-0.39, 0.29) is 0 Å². The molecule has 0 radical (unpaired) electrons. The summed E-state index contributed by atoms with van der Waals surface area (Å²) in [6, 6.07) is 12.0. The molecule has 0 spiro atoms. The third kappa shape index (κ3) is 4.05. The molecule has 2 nitrogen and oxygen atoms in total. The Morgan fingerprint density at radius 2 is 2.00 bits per heavy atom. The van der Waals surface area contributed by atoms with Crippen LogP contribution in [0.2, 0.25) is 0 Å². The molecule has 0 saturated carbocycles. The van der Waals surface area contributed by atoms with Crippen molar-refractivity contribution < 1.29 is 0 Å². The minimum absolute atomic E-state index is 0.495. The molecule has 0 aliphatic carbocycles. The lowest BCUT2D eigenvalue weighted by atomic mass is 9.97. The van der Waals surface area contributed by atoms with Crippen molar-refractivity contribution in [1.29, 1.82) is 0 Å². The SMILES string of the molecule is CCC(C)CC(C)N1CCNC(c2ccccc2)C1. The molecule has 1 N–H and O–H groups in total. The molecule has 3 atom stereocenters. The van der Waals surface area contributed by atoms with Gasteiger partial charge in [0.25, 0.3) is 0 Å². The second-order valence-corrected chi connectivity index (χ2v) is 6.01. The zero-order valence-corrected chi connectivity index (χ0v) is 12.6. The van der Waals surface area contributed by atoms with E-state index in [0.29, 0.717) is 12.1 Å². The molecular weight excluding hydrogens is 232 g/mol. The van der Waals surface area contributed by atoms with E-state index in [0.717, 1.165) is 19.0 Å². The molecule has 0 bridgehead atoms. The highest BCUT2D eigenvalue weighted by atomic mass is 15.2. The van der Waals surface area contributed by atoms with Gasteiger partial charge in [-0.2, -0.15) is 0 Å². The van der Waals surface area contributed by atoms with Gasteiger partial charge >= 0.3 is 0 Å². The first kappa shape index (κ1) is 14.5. The molecule has 1 aliphatic rings. The quantitative estimate of drug-likeness (QED) is 0.872. The van der Waals surface area contributed by atoms with Gasteiger partial charge in [-0.05, 0) is 24.8 Å². The Labute approximate surface area is 118 Å². The van der Waals surface area contributed by atoms with Crippen LogP contribution in [0.15, 0.2) is 30.3 Å². The maximum Gasteiger partial charge on any atom is 0.0449 e. The largest absolute Gasteiger partial charge is 0.308 e. The van der Waals surface area contributed by atoms with Crippen molar-refractivity contribution in [2.45, 2.75) is 45.7 Å². The Morgan fingerprint density at radius 3 is 2.68 bits per heavy atom. The molecule has 106 valence electrons. The highest BCUT2D eigenvalue weighted by Crippen LogP contribution is 2.21. The van der Waals surface area contributed by atoms with Gasteiger partial charge in [0.05, 0.1) is 0 Å². The summed E-state index contributed by atoms with van der Waals surface area (Å²) in [4.78, 5) is 2.65. The number of benzene rings is 1. The molecule has 19 heavy (non-hydrogen) atoms. The van der Waals surface area contributed by atoms with E-state index in [2.05, 4.69) is 61.3 Å². The summed E-state index contributed by atoms with van der Waals surface area (Å²) in [6.07, 6.45) is 2.61. The molecule has 2 heteroatoms. The van der Waals surface area contributed by atoms with Crippen LogP contribution in [0.3, 0.4) is 0 Å². The number of hydrogen-bond acceptors (Lipinski definition) is 2. The summed E-state index contributed by atoms with van der Waals surface area (Å²) in [5.41, 5.74) is 1.42. The number of piperazine rings is 1. The number of hydrogen-bond donors (Lipinski definition) is 1. The minimum Gasteiger partial charge on any atom is -0.308 e. The van der Waals surface area contributed by atoms with E-state index in [1.165, 1.54) is 24.9 Å². The van der Waals surface area contributed by atoms with Gasteiger partial charge in [0, 0.05) is 31.7 Å². The van der Waals surface area contributed by atoms with Gasteiger partial charge in [-0.3, -0.25) is 4.90 Å². The summed E-state index contributed by atoms with van der Waals surface area (Å²) >= 11 is 0. The van der Waals surface area contributed by atoms with Crippen molar-refractivity contribution in [2.24, 2.45) is 5.92 Å². The Bertz CT molecular complexity index is 363. The van der Waals surface area contributed by atoms with Crippen LogP contribution < -0.4 is 5.32 Å². The molecule has 2 rings (SSSR count). The van der Waals surface area contributed by atoms with Gasteiger partial charge in [-0.25, -0.2) is 0 Å². The first-order chi connectivity index (χ1) is 9.20. The van der Waals surface area contributed by atoms with E-state index >= 15 is 0 Å². The van der Waals surface area contributed by atoms with Crippen molar-refractivity contribution in [3.8, 4) is 0 Å². The monoisotopic (exact) mass is 260 g/mol. The van der Waals surface area contributed by atoms with Crippen LogP contribution in [-0.4, -0.2) is 30.6 Å². The third-order valence-corrected chi connectivity index (χ3v) is 4.47. The van der Waals surface area contributed by atoms with E-state index in [4.69, 9.17) is 0 Å². The first-order valence-corrected chi connectivity index (χ1v) is 7.73. The summed E-state index contributed by atoms with van der Waals surface area (Å²) in [6.45, 7) is 10.5. The van der Waals surface area contributed by atoms with Crippen molar-refractivity contribution in [3.63, 3.8) is 0 Å². The fourth-order valence-electron chi connectivity index (χ4n) is 2.98. The highest BCUT2D eigenvalue weighted by molar-refractivity contribution is 5.19. The highest BCUT2D eigenvalue weighted by Gasteiger charge is 2.24. The lowest BCUT2D eigenvalue weighted by Gasteiger charge is -2.38. The standard InChI is InChI=1S/C17H28N2/c1-4-14(2)12-15(3)19-11-10-18-17(13-19)16-8-6-5-7-9-16/h5-9,14-15,17-18H,4,10-13H2,1-3H3. The summed E-state index contributed by atoms with van der Waals surface area (Å²) in [7, 11) is 0. The van der Waals surface area contributed by atoms with E-state index in [1.54, 1.807) is 0 Å². The van der Waals surface area contributed by atoms with E-state index < -0.39 is 0 Å². The fourth-order valence-corrected chi connectivity index (χ4v) is 2.98. The van der Waals surface area contributed by atoms with Crippen LogP contribution in [-0.2, 0) is 0 Å². The minimum atomic E-state index is 0.495. The molecular formula is C17H28N2. The van der Waals surface area contributed by atoms with Crippen molar-refractivity contribution in [1.82, 2.24) is 10.2 Å². The topological polar surface area (TPSA) is 15.3 Å². The van der Waals surface area contributed by atoms with Gasteiger partial charge in [-0.15, -0.1) is 0 Å². The molecule has 1 aliphatic heterocycles. The molecule has 1 fully saturated rings. The second-order valence-electron chi connectivity index (χ2n) is 6.01. The Kier molecular flexibility index (Phi) is 5.41. The van der Waals surface area contributed by atoms with Crippen LogP contribution in [0.4, 0.5) is 0 Å². The number of nitrogens with zero attached hydrogens (tertiary/aromatic N) is 1. The fraction of sp³-hybridized carbons (Fsp3) is 0.647. The maximum atomic E-state index is 3.65. The maximum absolute atomic E-state index is 3.65. The van der Waals surface area contributed by atoms with E-state index in [1.807, 2.05) is 0 Å². The van der Waals surface area contributed by atoms with Crippen molar-refractivity contribution >= 4 is 0 Å². The lowest BCUT2D eigenvalue weighted by Crippen LogP contribution is -2.49. The average Bonchev–Trinajstić information content (AvgIpc) is 2.48. The summed E-state index contributed by atoms with van der Waals surface area (Å²) in [5, 5.41) is 3.65. The smallest absolute Gasteiger partial charge is 0.0449 e. The van der Waals surface area contributed by atoms with Crippen LogP contribution in [0.5, 0.6) is 0 Å². The second kappa shape index (κ2) is 7.06. The first-order valence-electron chi connectivity index (χ1n) is 7.73. The molecule has 1 saturated heterocycles. The van der Waals surface area contributed by atoms with E-state index in [9.17, 15) is 0 Å². The van der Waals surface area contributed by atoms with Crippen molar-refractivity contribution in [3.05, 3.63) is 35.9 Å². The number of nitrogens with one attached hydrogen (secondary N) is 1. The molecule has 1 heterocycles. The molecule has 1 aromatic carbocycles. The molecule has 0 aromatic heterocycles.